The Morgan fingerprint density at radius 2 is 0.407 bits per heavy atom. The zero-order chi connectivity index (χ0) is 75.8. The molecule has 0 saturated carbocycles. The Balaban J connectivity index is 0.000000127. The largest absolute Gasteiger partial charge is 0.208 e. The van der Waals surface area contributed by atoms with E-state index in [-0.39, 0.29) is 5.41 Å². The molecule has 0 amide bonds. The monoisotopic (exact) mass is 1440 g/mol. The van der Waals surface area contributed by atoms with Gasteiger partial charge in [0.25, 0.3) is 0 Å². The van der Waals surface area contributed by atoms with E-state index in [0.29, 0.717) is 34.9 Å². The highest BCUT2D eigenvalue weighted by atomic mass is 15.0. The van der Waals surface area contributed by atoms with Gasteiger partial charge in [0.05, 0.1) is 10.8 Å². The number of aryl methyl sites for hydroxylation is 3. The maximum atomic E-state index is 4.93. The quantitative estimate of drug-likeness (QED) is 0.128. The molecule has 2 heterocycles. The van der Waals surface area contributed by atoms with Crippen LogP contribution < -0.4 is 0 Å². The Labute approximate surface area is 660 Å². The van der Waals surface area contributed by atoms with Crippen molar-refractivity contribution >= 4 is 0 Å². The van der Waals surface area contributed by atoms with Crippen LogP contribution in [0.15, 0.2) is 406 Å². The molecule has 16 aromatic carbocycles. The Kier molecular flexibility index (Phi) is 18.0. The minimum absolute atomic E-state index is 0.180. The number of rotatable bonds is 11. The van der Waals surface area contributed by atoms with E-state index in [1.165, 1.54) is 117 Å². The molecule has 6 heteroatoms. The Morgan fingerprint density at radius 1 is 0.159 bits per heavy atom. The average Bonchev–Trinajstić information content (AvgIpc) is 1.52. The number of fused-ring (bicyclic) bond motifs is 13. The van der Waals surface area contributed by atoms with Gasteiger partial charge in [0, 0.05) is 33.4 Å². The summed E-state index contributed by atoms with van der Waals surface area (Å²) in [5.74, 6) is 3.98. The first-order chi connectivity index (χ1) is 55.7. The molecule has 18 aromatic rings. The van der Waals surface area contributed by atoms with Gasteiger partial charge in [-0.05, 0) is 132 Å². The van der Waals surface area contributed by atoms with Crippen molar-refractivity contribution in [3.05, 3.63) is 468 Å². The molecule has 0 N–H and O–H groups in total. The molecule has 3 aliphatic rings. The molecule has 0 atom stereocenters. The van der Waals surface area contributed by atoms with Crippen LogP contribution >= 0.6 is 0 Å². The molecule has 21 rings (SSSR count). The van der Waals surface area contributed by atoms with E-state index in [9.17, 15) is 0 Å². The predicted octanol–water partition coefficient (Wildman–Crippen LogP) is 26.1. The second-order valence-electron chi connectivity index (χ2n) is 29.4. The second kappa shape index (κ2) is 29.5. The Bertz CT molecular complexity index is 6170. The van der Waals surface area contributed by atoms with Crippen molar-refractivity contribution in [3.63, 3.8) is 0 Å². The fraction of sp³-hybridized carbons (Fsp3) is 0.0467. The number of hydrogen-bond donors (Lipinski definition) is 0. The summed E-state index contributed by atoms with van der Waals surface area (Å²) in [7, 11) is 0. The van der Waals surface area contributed by atoms with Gasteiger partial charge >= 0.3 is 0 Å². The molecule has 113 heavy (non-hydrogen) atoms. The first-order valence-corrected chi connectivity index (χ1v) is 38.6. The van der Waals surface area contributed by atoms with Crippen molar-refractivity contribution in [2.45, 2.75) is 31.6 Å². The SMILES string of the molecule is Cc1ccc(C2(c3ccc(C)cc3)c3ccccc3-c3c(-c4ccc(-c5ccc(-c6nc(-c7ccccc7)nc(-c7ccccc7)n6)cc5)cc4)cccc32)cc1.Cc1cccc(-c2ccc(-c3nc(-c4ccccc4)nc(-c4ccccc4)n3)cc2)c1.c1ccc2c(c1)-c1ccccc1C21c2ccccc2-c2ccccc21. The van der Waals surface area contributed by atoms with Crippen LogP contribution in [-0.2, 0) is 10.8 Å². The third-order valence-corrected chi connectivity index (χ3v) is 22.5. The Morgan fingerprint density at radius 3 is 0.752 bits per heavy atom. The van der Waals surface area contributed by atoms with E-state index in [2.05, 4.69) is 306 Å². The molecule has 534 valence electrons. The lowest BCUT2D eigenvalue weighted by molar-refractivity contribution is 0.767. The first kappa shape index (κ1) is 69.0. The summed E-state index contributed by atoms with van der Waals surface area (Å²) in [5, 5.41) is 0. The van der Waals surface area contributed by atoms with Crippen LogP contribution in [0.5, 0.6) is 0 Å². The smallest absolute Gasteiger partial charge is 0.164 e. The summed E-state index contributed by atoms with van der Waals surface area (Å²) in [6.45, 7) is 6.43. The standard InChI is InChI=1S/C54H39N3.C28H21N3.C25H16/c1-36-20-32-44(33-21-36)54(45-34-22-37(2)23-35-45)48-18-10-9-16-47(48)50-46(17-11-19-49(50)54)40-28-24-38(25-29-40)39-26-30-43(31-27-39)53-56-51(41-12-5-3-6-13-41)55-52(57-53)42-14-7-4-8-15-42;1-20-9-8-14-25(19-20)21-15-17-24(18-16-21)28-30-26(22-10-4-2-5-11-22)29-27(31-28)23-12-6-3-7-13-23;1-5-13-21-17(9-1)18-10-2-6-14-22(18)25(21)23-15-7-3-11-19(23)20-12-4-8-16-24(20)25/h3-35H,1-2H3;2-19H,1H3;1-16H. The van der Waals surface area contributed by atoms with E-state index < -0.39 is 5.41 Å². The molecule has 0 saturated heterocycles. The van der Waals surface area contributed by atoms with Crippen LogP contribution in [0.2, 0.25) is 0 Å². The summed E-state index contributed by atoms with van der Waals surface area (Å²) in [6.07, 6.45) is 0. The van der Waals surface area contributed by atoms with Crippen molar-refractivity contribution in [1.29, 1.82) is 0 Å². The molecule has 3 aliphatic carbocycles. The van der Waals surface area contributed by atoms with Crippen LogP contribution in [0, 0.1) is 20.8 Å². The van der Waals surface area contributed by atoms with Gasteiger partial charge in [-0.15, -0.1) is 0 Å². The maximum absolute atomic E-state index is 4.93. The van der Waals surface area contributed by atoms with Crippen molar-refractivity contribution < 1.29 is 0 Å². The van der Waals surface area contributed by atoms with Crippen LogP contribution in [0.1, 0.15) is 61.2 Å². The van der Waals surface area contributed by atoms with E-state index in [1.807, 2.05) is 121 Å². The lowest BCUT2D eigenvalue weighted by atomic mass is 9.67. The van der Waals surface area contributed by atoms with Crippen LogP contribution in [0.3, 0.4) is 0 Å². The number of nitrogens with zero attached hydrogens (tertiary/aromatic N) is 6. The molecule has 1 spiro atoms. The van der Waals surface area contributed by atoms with E-state index in [0.717, 1.165) is 44.5 Å². The zero-order valence-electron chi connectivity index (χ0n) is 62.9. The highest BCUT2D eigenvalue weighted by molar-refractivity contribution is 5.97. The summed E-state index contributed by atoms with van der Waals surface area (Å²) < 4.78 is 0. The molecule has 0 radical (unpaired) electrons. The van der Waals surface area contributed by atoms with Gasteiger partial charge in [0.15, 0.2) is 34.9 Å². The minimum Gasteiger partial charge on any atom is -0.208 e. The summed E-state index contributed by atoms with van der Waals surface area (Å²) in [4.78, 5) is 29.0. The topological polar surface area (TPSA) is 77.3 Å². The molecule has 6 nitrogen and oxygen atoms in total. The third-order valence-electron chi connectivity index (χ3n) is 22.5. The van der Waals surface area contributed by atoms with Gasteiger partial charge in [0.2, 0.25) is 0 Å². The first-order valence-electron chi connectivity index (χ1n) is 38.6. The minimum atomic E-state index is -0.437. The van der Waals surface area contributed by atoms with Gasteiger partial charge in [-0.2, -0.15) is 0 Å². The van der Waals surface area contributed by atoms with Gasteiger partial charge in [-0.3, -0.25) is 0 Å². The van der Waals surface area contributed by atoms with Gasteiger partial charge in [0.1, 0.15) is 0 Å². The lowest BCUT2D eigenvalue weighted by Gasteiger charge is -2.34. The average molecular weight is 1450 g/mol. The second-order valence-corrected chi connectivity index (χ2v) is 29.4. The van der Waals surface area contributed by atoms with Gasteiger partial charge in [-0.1, -0.05) is 423 Å². The van der Waals surface area contributed by atoms with Crippen LogP contribution in [0.25, 0.3) is 135 Å². The van der Waals surface area contributed by atoms with Crippen molar-refractivity contribution in [2.24, 2.45) is 0 Å². The predicted molar refractivity (Wildman–Crippen MR) is 463 cm³/mol. The molecule has 0 aliphatic heterocycles. The molecular formula is C107H76N6. The van der Waals surface area contributed by atoms with E-state index >= 15 is 0 Å². The summed E-state index contributed by atoms with van der Waals surface area (Å²) >= 11 is 0. The summed E-state index contributed by atoms with van der Waals surface area (Å²) in [6, 6.07) is 144. The van der Waals surface area contributed by atoms with Crippen LogP contribution in [0.4, 0.5) is 0 Å². The van der Waals surface area contributed by atoms with Gasteiger partial charge in [-0.25, -0.2) is 29.9 Å². The van der Waals surface area contributed by atoms with Crippen molar-refractivity contribution in [3.8, 4) is 135 Å². The molecule has 0 bridgehead atoms. The van der Waals surface area contributed by atoms with Crippen molar-refractivity contribution in [2.75, 3.05) is 0 Å². The number of aromatic nitrogens is 6. The third kappa shape index (κ3) is 12.5. The maximum Gasteiger partial charge on any atom is 0.164 e. The summed E-state index contributed by atoms with van der Waals surface area (Å²) in [5.41, 5.74) is 34.9. The highest BCUT2D eigenvalue weighted by Gasteiger charge is 2.51. The fourth-order valence-corrected chi connectivity index (χ4v) is 17.2. The fourth-order valence-electron chi connectivity index (χ4n) is 17.2. The highest BCUT2D eigenvalue weighted by Crippen LogP contribution is 2.63. The molecule has 2 aromatic heterocycles. The number of hydrogen-bond acceptors (Lipinski definition) is 6. The van der Waals surface area contributed by atoms with Gasteiger partial charge < -0.3 is 0 Å². The van der Waals surface area contributed by atoms with E-state index in [4.69, 9.17) is 29.9 Å². The molecule has 0 fully saturated rings. The zero-order valence-corrected chi connectivity index (χ0v) is 62.9. The number of benzene rings is 16. The molecular weight excluding hydrogens is 1370 g/mol. The van der Waals surface area contributed by atoms with Crippen molar-refractivity contribution in [1.82, 2.24) is 29.9 Å². The normalized spacial score (nSPS) is 12.5. The Hall–Kier alpha value is -14.5. The van der Waals surface area contributed by atoms with E-state index in [1.54, 1.807) is 0 Å². The molecule has 0 unspecified atom stereocenters. The van der Waals surface area contributed by atoms with Crippen LogP contribution in [-0.4, -0.2) is 29.9 Å². The lowest BCUT2D eigenvalue weighted by Crippen LogP contribution is -2.28.